The molecule has 0 radical (unpaired) electrons. The third-order valence-corrected chi connectivity index (χ3v) is 4.60. The molecule has 1 aromatic carbocycles. The van der Waals surface area contributed by atoms with E-state index in [-0.39, 0.29) is 17.7 Å². The van der Waals surface area contributed by atoms with Gasteiger partial charge in [-0.2, -0.15) is 8.75 Å². The largest absolute Gasteiger partial charge is 0.369 e. The molecule has 1 aliphatic rings. The van der Waals surface area contributed by atoms with E-state index in [0.717, 1.165) is 43.2 Å². The molecule has 0 spiro atoms. The van der Waals surface area contributed by atoms with E-state index in [9.17, 15) is 9.59 Å². The Morgan fingerprint density at radius 1 is 1.33 bits per heavy atom. The topological polar surface area (TPSA) is 101 Å². The maximum atomic E-state index is 11.9. The normalized spacial score (nSPS) is 18.2. The number of piperidine rings is 1. The van der Waals surface area contributed by atoms with Gasteiger partial charge in [-0.3, -0.25) is 14.5 Å². The van der Waals surface area contributed by atoms with Crippen LogP contribution in [0, 0.1) is 5.92 Å². The van der Waals surface area contributed by atoms with Gasteiger partial charge in [0.1, 0.15) is 0 Å². The van der Waals surface area contributed by atoms with Crippen molar-refractivity contribution in [2.45, 2.75) is 19.4 Å². The number of hydrogen-bond donors (Lipinski definition) is 2. The zero-order valence-electron chi connectivity index (χ0n) is 13.1. The van der Waals surface area contributed by atoms with Crippen molar-refractivity contribution in [2.24, 2.45) is 11.7 Å². The fourth-order valence-electron chi connectivity index (χ4n) is 2.84. The zero-order chi connectivity index (χ0) is 16.9. The van der Waals surface area contributed by atoms with E-state index >= 15 is 0 Å². The summed E-state index contributed by atoms with van der Waals surface area (Å²) in [7, 11) is 0. The van der Waals surface area contributed by atoms with Gasteiger partial charge in [0, 0.05) is 18.8 Å². The first-order valence-corrected chi connectivity index (χ1v) is 8.54. The van der Waals surface area contributed by atoms with Crippen LogP contribution in [0.25, 0.3) is 0 Å². The highest BCUT2D eigenvalue weighted by molar-refractivity contribution is 6.99. The summed E-state index contributed by atoms with van der Waals surface area (Å²) >= 11 is 1.00. The molecule has 1 aliphatic heterocycles. The third kappa shape index (κ3) is 4.15. The van der Waals surface area contributed by atoms with E-state index in [1.54, 1.807) is 0 Å². The Bertz CT molecular complexity index is 702. The number of nitrogens with zero attached hydrogens (tertiary/aromatic N) is 3. The van der Waals surface area contributed by atoms with Crippen molar-refractivity contribution in [3.05, 3.63) is 41.7 Å². The minimum Gasteiger partial charge on any atom is -0.369 e. The van der Waals surface area contributed by atoms with Crippen molar-refractivity contribution in [2.75, 3.05) is 18.4 Å². The number of aromatic nitrogens is 2. The van der Waals surface area contributed by atoms with Crippen molar-refractivity contribution in [3.8, 4) is 0 Å². The maximum absolute atomic E-state index is 11.9. The smallest absolute Gasteiger partial charge is 0.277 e. The summed E-state index contributed by atoms with van der Waals surface area (Å²) in [5, 5.41) is 2.79. The minimum absolute atomic E-state index is 0.0518. The van der Waals surface area contributed by atoms with Gasteiger partial charge in [0.25, 0.3) is 5.91 Å². The van der Waals surface area contributed by atoms with Crippen molar-refractivity contribution in [3.63, 3.8) is 0 Å². The molecule has 0 bridgehead atoms. The number of nitrogens with one attached hydrogen (secondary N) is 1. The number of likely N-dealkylation sites (tertiary alicyclic amines) is 1. The summed E-state index contributed by atoms with van der Waals surface area (Å²) in [5.74, 6) is -0.532. The number of amides is 2. The van der Waals surface area contributed by atoms with Crippen LogP contribution in [0.3, 0.4) is 0 Å². The standard InChI is InChI=1S/C16H19N5O2S/c17-15(22)12-2-1-7-21(10-12)9-11-3-5-13(6-4-11)19-16(23)14-8-18-24-20-14/h3-6,8,12H,1-2,7,9-10H2,(H2,17,22)(H,19,23). The van der Waals surface area contributed by atoms with Gasteiger partial charge in [-0.15, -0.1) is 0 Å². The molecule has 3 rings (SSSR count). The van der Waals surface area contributed by atoms with E-state index in [2.05, 4.69) is 19.0 Å². The summed E-state index contributed by atoms with van der Waals surface area (Å²) in [6, 6.07) is 7.68. The molecule has 1 unspecified atom stereocenters. The average molecular weight is 345 g/mol. The molecule has 24 heavy (non-hydrogen) atoms. The van der Waals surface area contributed by atoms with Gasteiger partial charge in [-0.05, 0) is 37.1 Å². The molecule has 126 valence electrons. The van der Waals surface area contributed by atoms with Crippen LogP contribution in [-0.4, -0.2) is 38.6 Å². The molecule has 0 saturated carbocycles. The lowest BCUT2D eigenvalue weighted by molar-refractivity contribution is -0.123. The lowest BCUT2D eigenvalue weighted by atomic mass is 9.97. The van der Waals surface area contributed by atoms with E-state index in [1.807, 2.05) is 24.3 Å². The van der Waals surface area contributed by atoms with Gasteiger partial charge in [-0.25, -0.2) is 0 Å². The quantitative estimate of drug-likeness (QED) is 0.855. The summed E-state index contributed by atoms with van der Waals surface area (Å²) in [6.45, 7) is 2.46. The van der Waals surface area contributed by atoms with Crippen molar-refractivity contribution < 1.29 is 9.59 Å². The van der Waals surface area contributed by atoms with Crippen LogP contribution in [-0.2, 0) is 11.3 Å². The molecule has 1 saturated heterocycles. The Morgan fingerprint density at radius 3 is 2.79 bits per heavy atom. The van der Waals surface area contributed by atoms with Crippen LogP contribution in [0.15, 0.2) is 30.5 Å². The second-order valence-electron chi connectivity index (χ2n) is 5.92. The Hall–Kier alpha value is -2.32. The van der Waals surface area contributed by atoms with Gasteiger partial charge >= 0.3 is 0 Å². The third-order valence-electron chi connectivity index (χ3n) is 4.12. The highest BCUT2D eigenvalue weighted by atomic mass is 32.1. The molecule has 7 nitrogen and oxygen atoms in total. The molecule has 2 heterocycles. The predicted octanol–water partition coefficient (Wildman–Crippen LogP) is 1.49. The lowest BCUT2D eigenvalue weighted by Gasteiger charge is -2.31. The summed E-state index contributed by atoms with van der Waals surface area (Å²) in [4.78, 5) is 25.5. The molecule has 3 N–H and O–H groups in total. The van der Waals surface area contributed by atoms with Crippen LogP contribution in [0.2, 0.25) is 0 Å². The molecule has 1 aromatic heterocycles. The van der Waals surface area contributed by atoms with E-state index < -0.39 is 0 Å². The molecular weight excluding hydrogens is 326 g/mol. The monoisotopic (exact) mass is 345 g/mol. The molecule has 1 atom stereocenters. The van der Waals surface area contributed by atoms with Gasteiger partial charge in [0.05, 0.1) is 23.8 Å². The zero-order valence-corrected chi connectivity index (χ0v) is 14.0. The number of benzene rings is 1. The lowest BCUT2D eigenvalue weighted by Crippen LogP contribution is -2.40. The average Bonchev–Trinajstić information content (AvgIpc) is 3.11. The Balaban J connectivity index is 1.56. The van der Waals surface area contributed by atoms with Gasteiger partial charge in [0.15, 0.2) is 5.69 Å². The number of rotatable bonds is 5. The first-order chi connectivity index (χ1) is 11.6. The van der Waals surface area contributed by atoms with Crippen LogP contribution < -0.4 is 11.1 Å². The van der Waals surface area contributed by atoms with E-state index in [0.29, 0.717) is 17.9 Å². The van der Waals surface area contributed by atoms with Crippen LogP contribution in [0.1, 0.15) is 28.9 Å². The second-order valence-corrected chi connectivity index (χ2v) is 6.48. The Labute approximate surface area is 144 Å². The number of anilines is 1. The van der Waals surface area contributed by atoms with Gasteiger partial charge < -0.3 is 11.1 Å². The first-order valence-electron chi connectivity index (χ1n) is 7.81. The fraction of sp³-hybridized carbons (Fsp3) is 0.375. The fourth-order valence-corrected chi connectivity index (χ4v) is 3.26. The van der Waals surface area contributed by atoms with Crippen molar-refractivity contribution >= 4 is 29.2 Å². The van der Waals surface area contributed by atoms with E-state index in [1.165, 1.54) is 6.20 Å². The first kappa shape index (κ1) is 16.5. The molecular formula is C16H19N5O2S. The SMILES string of the molecule is NC(=O)C1CCCN(Cc2ccc(NC(=O)c3cnsn3)cc2)C1. The van der Waals surface area contributed by atoms with Crippen molar-refractivity contribution in [1.29, 1.82) is 0 Å². The van der Waals surface area contributed by atoms with Crippen molar-refractivity contribution in [1.82, 2.24) is 13.6 Å². The Kier molecular flexibility index (Phi) is 5.17. The number of hydrogen-bond acceptors (Lipinski definition) is 6. The van der Waals surface area contributed by atoms with Crippen LogP contribution in [0.4, 0.5) is 5.69 Å². The van der Waals surface area contributed by atoms with Crippen LogP contribution >= 0.6 is 11.7 Å². The number of carbonyl (C=O) groups is 2. The van der Waals surface area contributed by atoms with Gasteiger partial charge in [0.2, 0.25) is 5.91 Å². The maximum Gasteiger partial charge on any atom is 0.277 e. The van der Waals surface area contributed by atoms with Gasteiger partial charge in [-0.1, -0.05) is 12.1 Å². The summed E-state index contributed by atoms with van der Waals surface area (Å²) in [6.07, 6.45) is 3.31. The van der Waals surface area contributed by atoms with Crippen LogP contribution in [0.5, 0.6) is 0 Å². The second kappa shape index (κ2) is 7.50. The summed E-state index contributed by atoms with van der Waals surface area (Å²) in [5.41, 5.74) is 7.58. The highest BCUT2D eigenvalue weighted by Gasteiger charge is 2.23. The molecule has 2 amide bonds. The van der Waals surface area contributed by atoms with E-state index in [4.69, 9.17) is 5.73 Å². The number of carbonyl (C=O) groups excluding carboxylic acids is 2. The molecule has 2 aromatic rings. The molecule has 0 aliphatic carbocycles. The Morgan fingerprint density at radius 2 is 2.12 bits per heavy atom. The predicted molar refractivity (Wildman–Crippen MR) is 91.5 cm³/mol. The number of nitrogens with two attached hydrogens (primary N) is 1. The number of primary amides is 1. The summed E-state index contributed by atoms with van der Waals surface area (Å²) < 4.78 is 7.72. The molecule has 8 heteroatoms. The molecule has 1 fully saturated rings. The highest BCUT2D eigenvalue weighted by Crippen LogP contribution is 2.19. The minimum atomic E-state index is -0.267.